The van der Waals surface area contributed by atoms with Crippen LogP contribution in [0.1, 0.15) is 439 Å². The molecule has 0 fully saturated rings. The number of carbonyl (C=O) groups excluding carboxylic acids is 4. The van der Waals surface area contributed by atoms with Crippen molar-refractivity contribution in [2.75, 3.05) is 39.6 Å². The summed E-state index contributed by atoms with van der Waals surface area (Å²) in [5.41, 5.74) is 0. The van der Waals surface area contributed by atoms with Crippen molar-refractivity contribution in [3.8, 4) is 0 Å². The SMILES string of the molecule is CCCCCCCCCCCCCCCCCCCCCCCCC(=O)O[C@H](COC(=O)CCCCCCCCCCCCCCCCCC)COP(=O)(O)OC[C@@H](O)COP(=O)(O)OC[C@@H](COC(=O)CCCCCCCCCCCCC)OC(=O)CCCCCCCCCCC(C)CC. The van der Waals surface area contributed by atoms with Crippen LogP contribution in [0.2, 0.25) is 0 Å². The van der Waals surface area contributed by atoms with Crippen LogP contribution in [0.4, 0.5) is 0 Å². The standard InChI is InChI=1S/C82H160O17P2/c1-6-10-13-16-19-22-25-27-29-31-32-33-34-35-36-38-40-43-46-52-57-62-67-81(86)98-77(71-93-80(85)66-61-56-51-45-42-39-37-30-28-26-23-20-17-14-11-7-2)73-96-100(88,89)94-69-76(83)70-95-101(90,91)97-74-78(72-92-79(84)65-60-55-50-44-41-24-21-18-15-12-8-3)99-82(87)68-63-58-53-48-47-49-54-59-64-75(5)9-4/h75-78,83H,6-74H2,1-5H3,(H,88,89)(H,90,91)/t75?,76-,77-,78-/m1/s1. The Morgan fingerprint density at radius 3 is 0.703 bits per heavy atom. The fourth-order valence-electron chi connectivity index (χ4n) is 12.7. The molecule has 0 aromatic carbocycles. The maximum atomic E-state index is 13.1. The van der Waals surface area contributed by atoms with Gasteiger partial charge in [0.25, 0.3) is 0 Å². The minimum Gasteiger partial charge on any atom is -0.462 e. The van der Waals surface area contributed by atoms with E-state index in [-0.39, 0.29) is 25.7 Å². The van der Waals surface area contributed by atoms with Gasteiger partial charge in [0.05, 0.1) is 26.4 Å². The first-order chi connectivity index (χ1) is 49.1. The average Bonchev–Trinajstić information content (AvgIpc) is 1.08. The third-order valence-corrected chi connectivity index (χ3v) is 21.5. The Bertz CT molecular complexity index is 1930. The summed E-state index contributed by atoms with van der Waals surface area (Å²) in [4.78, 5) is 73.0. The third kappa shape index (κ3) is 74.7. The summed E-state index contributed by atoms with van der Waals surface area (Å²) in [6, 6.07) is 0. The van der Waals surface area contributed by atoms with Gasteiger partial charge in [0.2, 0.25) is 0 Å². The van der Waals surface area contributed by atoms with Gasteiger partial charge in [-0.1, -0.05) is 388 Å². The number of aliphatic hydroxyl groups is 1. The van der Waals surface area contributed by atoms with Crippen molar-refractivity contribution in [3.63, 3.8) is 0 Å². The second-order valence-corrected chi connectivity index (χ2v) is 32.7. The van der Waals surface area contributed by atoms with Crippen molar-refractivity contribution in [2.45, 2.75) is 457 Å². The summed E-state index contributed by atoms with van der Waals surface area (Å²) < 4.78 is 68.7. The molecular formula is C82H160O17P2. The monoisotopic (exact) mass is 1480 g/mol. The van der Waals surface area contributed by atoms with Crippen LogP contribution in [-0.4, -0.2) is 96.7 Å². The highest BCUT2D eigenvalue weighted by atomic mass is 31.2. The van der Waals surface area contributed by atoms with Crippen LogP contribution in [0, 0.1) is 5.92 Å². The predicted molar refractivity (Wildman–Crippen MR) is 414 cm³/mol. The maximum absolute atomic E-state index is 13.1. The number of phosphoric acid groups is 2. The lowest BCUT2D eigenvalue weighted by molar-refractivity contribution is -0.161. The van der Waals surface area contributed by atoms with Crippen molar-refractivity contribution in [2.24, 2.45) is 5.92 Å². The highest BCUT2D eigenvalue weighted by molar-refractivity contribution is 7.47. The number of unbranched alkanes of at least 4 members (excludes halogenated alkanes) is 53. The number of esters is 4. The van der Waals surface area contributed by atoms with Gasteiger partial charge in [-0.3, -0.25) is 37.3 Å². The highest BCUT2D eigenvalue weighted by Gasteiger charge is 2.30. The molecule has 0 aliphatic rings. The van der Waals surface area contributed by atoms with Crippen molar-refractivity contribution in [1.82, 2.24) is 0 Å². The van der Waals surface area contributed by atoms with E-state index < -0.39 is 97.5 Å². The molecule has 0 spiro atoms. The fraction of sp³-hybridized carbons (Fsp3) is 0.951. The Hall–Kier alpha value is -1.94. The van der Waals surface area contributed by atoms with Gasteiger partial charge >= 0.3 is 39.5 Å². The normalized spacial score (nSPS) is 14.1. The zero-order chi connectivity index (χ0) is 74.1. The molecule has 0 aromatic heterocycles. The summed E-state index contributed by atoms with van der Waals surface area (Å²) in [5, 5.41) is 10.6. The van der Waals surface area contributed by atoms with Crippen LogP contribution in [0.15, 0.2) is 0 Å². The van der Waals surface area contributed by atoms with Gasteiger partial charge in [-0.25, -0.2) is 9.13 Å². The van der Waals surface area contributed by atoms with Crippen LogP contribution in [0.3, 0.4) is 0 Å². The van der Waals surface area contributed by atoms with E-state index in [1.54, 1.807) is 0 Å². The van der Waals surface area contributed by atoms with E-state index in [0.717, 1.165) is 95.8 Å². The van der Waals surface area contributed by atoms with Gasteiger partial charge in [-0.05, 0) is 31.6 Å². The number of hydrogen-bond acceptors (Lipinski definition) is 15. The minimum atomic E-state index is -4.96. The van der Waals surface area contributed by atoms with Crippen molar-refractivity contribution < 1.29 is 80.2 Å². The van der Waals surface area contributed by atoms with Gasteiger partial charge in [-0.2, -0.15) is 0 Å². The molecule has 101 heavy (non-hydrogen) atoms. The van der Waals surface area contributed by atoms with E-state index in [4.69, 9.17) is 37.0 Å². The Morgan fingerprint density at radius 1 is 0.277 bits per heavy atom. The first kappa shape index (κ1) is 99.1. The lowest BCUT2D eigenvalue weighted by Crippen LogP contribution is -2.30. The van der Waals surface area contributed by atoms with E-state index in [1.807, 2.05) is 0 Å². The molecule has 0 aromatic rings. The molecule has 19 heteroatoms. The largest absolute Gasteiger partial charge is 0.472 e. The van der Waals surface area contributed by atoms with Crippen molar-refractivity contribution in [1.29, 1.82) is 0 Å². The first-order valence-corrected chi connectivity index (χ1v) is 45.7. The van der Waals surface area contributed by atoms with Gasteiger partial charge < -0.3 is 33.8 Å². The van der Waals surface area contributed by atoms with Crippen LogP contribution >= 0.6 is 15.6 Å². The summed E-state index contributed by atoms with van der Waals surface area (Å²) in [5.74, 6) is -1.34. The summed E-state index contributed by atoms with van der Waals surface area (Å²) in [7, 11) is -9.92. The molecular weight excluding hydrogens is 1320 g/mol. The predicted octanol–water partition coefficient (Wildman–Crippen LogP) is 24.8. The number of hydrogen-bond donors (Lipinski definition) is 3. The number of phosphoric ester groups is 2. The number of aliphatic hydroxyl groups excluding tert-OH is 1. The average molecular weight is 1480 g/mol. The molecule has 0 bridgehead atoms. The molecule has 3 unspecified atom stereocenters. The summed E-state index contributed by atoms with van der Waals surface area (Å²) in [6.07, 6.45) is 66.6. The molecule has 0 aliphatic carbocycles. The Kier molecular flexibility index (Phi) is 73.5. The molecule has 0 aliphatic heterocycles. The minimum absolute atomic E-state index is 0.106. The van der Waals surface area contributed by atoms with E-state index >= 15 is 0 Å². The Morgan fingerprint density at radius 2 is 0.475 bits per heavy atom. The molecule has 0 saturated heterocycles. The van der Waals surface area contributed by atoms with Crippen molar-refractivity contribution >= 4 is 39.5 Å². The van der Waals surface area contributed by atoms with Gasteiger partial charge in [-0.15, -0.1) is 0 Å². The highest BCUT2D eigenvalue weighted by Crippen LogP contribution is 2.45. The lowest BCUT2D eigenvalue weighted by Gasteiger charge is -2.21. The molecule has 3 N–H and O–H groups in total. The second kappa shape index (κ2) is 74.9. The second-order valence-electron chi connectivity index (χ2n) is 29.8. The molecule has 0 rings (SSSR count). The topological polar surface area (TPSA) is 237 Å². The molecule has 0 heterocycles. The van der Waals surface area contributed by atoms with Crippen LogP contribution < -0.4 is 0 Å². The van der Waals surface area contributed by atoms with Crippen LogP contribution in [0.25, 0.3) is 0 Å². The maximum Gasteiger partial charge on any atom is 0.472 e. The van der Waals surface area contributed by atoms with Gasteiger partial charge in [0, 0.05) is 25.7 Å². The molecule has 0 saturated carbocycles. The zero-order valence-electron chi connectivity index (χ0n) is 66.1. The third-order valence-electron chi connectivity index (χ3n) is 19.6. The first-order valence-electron chi connectivity index (χ1n) is 42.7. The van der Waals surface area contributed by atoms with Gasteiger partial charge in [0.15, 0.2) is 12.2 Å². The van der Waals surface area contributed by atoms with Crippen molar-refractivity contribution in [3.05, 3.63) is 0 Å². The number of rotatable bonds is 82. The molecule has 600 valence electrons. The number of ether oxygens (including phenoxy) is 4. The Labute approximate surface area is 619 Å². The van der Waals surface area contributed by atoms with Gasteiger partial charge in [0.1, 0.15) is 19.3 Å². The lowest BCUT2D eigenvalue weighted by atomic mass is 9.99. The smallest absolute Gasteiger partial charge is 0.462 e. The molecule has 0 radical (unpaired) electrons. The molecule has 17 nitrogen and oxygen atoms in total. The summed E-state index contributed by atoms with van der Waals surface area (Å²) >= 11 is 0. The quantitative estimate of drug-likeness (QED) is 0.0222. The van der Waals surface area contributed by atoms with Crippen LogP contribution in [-0.2, 0) is 65.4 Å². The molecule has 0 amide bonds. The van der Waals surface area contributed by atoms with E-state index in [2.05, 4.69) is 34.6 Å². The zero-order valence-corrected chi connectivity index (χ0v) is 67.8. The summed E-state index contributed by atoms with van der Waals surface area (Å²) in [6.45, 7) is 7.32. The van der Waals surface area contributed by atoms with E-state index in [1.165, 1.54) is 263 Å². The Balaban J connectivity index is 5.21. The number of carbonyl (C=O) groups is 4. The van der Waals surface area contributed by atoms with Crippen LogP contribution in [0.5, 0.6) is 0 Å². The van der Waals surface area contributed by atoms with E-state index in [9.17, 15) is 43.2 Å². The van der Waals surface area contributed by atoms with E-state index in [0.29, 0.717) is 25.7 Å². The fourth-order valence-corrected chi connectivity index (χ4v) is 14.3. The molecule has 6 atom stereocenters.